The van der Waals surface area contributed by atoms with Crippen LogP contribution in [0.3, 0.4) is 0 Å². The highest BCUT2D eigenvalue weighted by atomic mass is 32.2. The van der Waals surface area contributed by atoms with Crippen LogP contribution in [0.4, 0.5) is 0 Å². The fourth-order valence-electron chi connectivity index (χ4n) is 5.29. The van der Waals surface area contributed by atoms with Crippen molar-refractivity contribution in [3.63, 3.8) is 0 Å². The minimum atomic E-state index is -0.712. The van der Waals surface area contributed by atoms with Gasteiger partial charge in [-0.2, -0.15) is 0 Å². The third-order valence-corrected chi connectivity index (χ3v) is 8.60. The molecule has 5 heteroatoms. The summed E-state index contributed by atoms with van der Waals surface area (Å²) in [6.45, 7) is 4.13. The average Bonchev–Trinajstić information content (AvgIpc) is 2.81. The van der Waals surface area contributed by atoms with Crippen molar-refractivity contribution >= 4 is 17.7 Å². The first kappa shape index (κ1) is 23.3. The van der Waals surface area contributed by atoms with Gasteiger partial charge in [-0.3, -0.25) is 4.79 Å². The van der Waals surface area contributed by atoms with Crippen LogP contribution in [0.2, 0.25) is 0 Å². The fourth-order valence-corrected chi connectivity index (χ4v) is 6.95. The smallest absolute Gasteiger partial charge is 0.217 e. The molecule has 4 nitrogen and oxygen atoms in total. The van der Waals surface area contributed by atoms with Crippen LogP contribution >= 0.6 is 11.8 Å². The van der Waals surface area contributed by atoms with Crippen LogP contribution in [0.15, 0.2) is 53.4 Å². The fraction of sp³-hybridized carbons (Fsp3) is 0.519. The molecule has 0 bridgehead atoms. The Bertz CT molecular complexity index is 911. The van der Waals surface area contributed by atoms with Gasteiger partial charge in [0.1, 0.15) is 0 Å². The lowest BCUT2D eigenvalue weighted by molar-refractivity contribution is -0.120. The summed E-state index contributed by atoms with van der Waals surface area (Å²) >= 11 is 2.09. The highest BCUT2D eigenvalue weighted by molar-refractivity contribution is 8.00. The van der Waals surface area contributed by atoms with Crippen molar-refractivity contribution in [2.75, 3.05) is 6.54 Å². The minimum Gasteiger partial charge on any atom is -0.389 e. The SMILES string of the molecule is CCc1ccc2c(c1)[C@H](NC[C@@H](O)[C@@H](NC(C)=O)c1ccccc1)CC1(CCCCC1)S2. The summed E-state index contributed by atoms with van der Waals surface area (Å²) in [5.41, 5.74) is 3.65. The summed E-state index contributed by atoms with van der Waals surface area (Å²) in [4.78, 5) is 13.2. The third kappa shape index (κ3) is 5.38. The summed E-state index contributed by atoms with van der Waals surface area (Å²) in [5.74, 6) is -0.133. The van der Waals surface area contributed by atoms with Gasteiger partial charge < -0.3 is 15.7 Å². The molecule has 0 unspecified atom stereocenters. The van der Waals surface area contributed by atoms with Crippen LogP contribution in [0.5, 0.6) is 0 Å². The molecule has 0 aromatic heterocycles. The number of benzene rings is 2. The predicted octanol–water partition coefficient (Wildman–Crippen LogP) is 5.32. The van der Waals surface area contributed by atoms with Crippen LogP contribution in [0, 0.1) is 0 Å². The van der Waals surface area contributed by atoms with Crippen LogP contribution in [0.25, 0.3) is 0 Å². The second-order valence-electron chi connectivity index (χ2n) is 9.39. The van der Waals surface area contributed by atoms with Crippen molar-refractivity contribution in [1.82, 2.24) is 10.6 Å². The molecule has 32 heavy (non-hydrogen) atoms. The molecular formula is C27H36N2O2S. The lowest BCUT2D eigenvalue weighted by Crippen LogP contribution is -2.44. The molecule has 0 radical (unpaired) electrons. The lowest BCUT2D eigenvalue weighted by atomic mass is 9.81. The molecule has 2 aromatic rings. The van der Waals surface area contributed by atoms with E-state index < -0.39 is 12.1 Å². The largest absolute Gasteiger partial charge is 0.389 e. The molecule has 1 saturated carbocycles. The lowest BCUT2D eigenvalue weighted by Gasteiger charge is -2.44. The van der Waals surface area contributed by atoms with Gasteiger partial charge in [0.15, 0.2) is 0 Å². The summed E-state index contributed by atoms with van der Waals surface area (Å²) < 4.78 is 0.304. The Morgan fingerprint density at radius 3 is 2.59 bits per heavy atom. The molecule has 2 aliphatic rings. The van der Waals surface area contributed by atoms with Crippen LogP contribution in [0.1, 0.15) is 81.1 Å². The summed E-state index contributed by atoms with van der Waals surface area (Å²) in [5, 5.41) is 17.8. The maximum absolute atomic E-state index is 11.8. The highest BCUT2D eigenvalue weighted by Gasteiger charge is 2.41. The molecule has 4 rings (SSSR count). The highest BCUT2D eigenvalue weighted by Crippen LogP contribution is 2.54. The number of hydrogen-bond acceptors (Lipinski definition) is 4. The number of nitrogens with one attached hydrogen (secondary N) is 2. The molecule has 3 atom stereocenters. The number of fused-ring (bicyclic) bond motifs is 1. The monoisotopic (exact) mass is 452 g/mol. The first-order valence-corrected chi connectivity index (χ1v) is 12.9. The number of carbonyl (C=O) groups is 1. The van der Waals surface area contributed by atoms with E-state index in [1.165, 1.54) is 55.1 Å². The van der Waals surface area contributed by atoms with E-state index in [1.807, 2.05) is 30.3 Å². The molecule has 172 valence electrons. The zero-order valence-corrected chi connectivity index (χ0v) is 20.1. The Kier molecular flexibility index (Phi) is 7.59. The van der Waals surface area contributed by atoms with Crippen molar-refractivity contribution in [1.29, 1.82) is 0 Å². The third-order valence-electron chi connectivity index (χ3n) is 7.00. The van der Waals surface area contributed by atoms with Crippen molar-refractivity contribution in [2.45, 2.75) is 86.6 Å². The average molecular weight is 453 g/mol. The molecule has 1 spiro atoms. The van der Waals surface area contributed by atoms with Crippen LogP contribution < -0.4 is 10.6 Å². The number of hydrogen-bond donors (Lipinski definition) is 3. The zero-order valence-electron chi connectivity index (χ0n) is 19.3. The van der Waals surface area contributed by atoms with Gasteiger partial charge in [0.05, 0.1) is 12.1 Å². The van der Waals surface area contributed by atoms with Gasteiger partial charge in [0.2, 0.25) is 5.91 Å². The second kappa shape index (κ2) is 10.4. The molecule has 1 fully saturated rings. The molecule has 1 heterocycles. The zero-order chi connectivity index (χ0) is 22.6. The topological polar surface area (TPSA) is 61.4 Å². The van der Waals surface area contributed by atoms with Crippen molar-refractivity contribution in [3.05, 3.63) is 65.2 Å². The molecule has 0 saturated heterocycles. The van der Waals surface area contributed by atoms with Gasteiger partial charge in [0, 0.05) is 29.2 Å². The Morgan fingerprint density at radius 1 is 1.16 bits per heavy atom. The normalized spacial score (nSPS) is 21.5. The van der Waals surface area contributed by atoms with E-state index in [4.69, 9.17) is 0 Å². The molecule has 2 aromatic carbocycles. The standard InChI is InChI=1S/C27H36N2O2S/c1-3-20-12-13-25-22(16-20)23(17-27(32-25)14-8-5-9-15-27)28-18-24(31)26(29-19(2)30)21-10-6-4-7-11-21/h4,6-7,10-13,16,23-24,26,28,31H,3,5,8-9,14-15,17-18H2,1-2H3,(H,29,30)/t23-,24-,26+/m1/s1. The molecule has 1 aliphatic heterocycles. The summed E-state index contributed by atoms with van der Waals surface area (Å²) in [7, 11) is 0. The Hall–Kier alpha value is -1.82. The number of aliphatic hydroxyl groups is 1. The molecule has 1 aliphatic carbocycles. The van der Waals surface area contributed by atoms with Crippen LogP contribution in [-0.4, -0.2) is 28.4 Å². The van der Waals surface area contributed by atoms with Crippen LogP contribution in [-0.2, 0) is 11.2 Å². The van der Waals surface area contributed by atoms with E-state index in [9.17, 15) is 9.90 Å². The van der Waals surface area contributed by atoms with E-state index in [-0.39, 0.29) is 11.9 Å². The summed E-state index contributed by atoms with van der Waals surface area (Å²) in [6, 6.07) is 16.5. The van der Waals surface area contributed by atoms with Gasteiger partial charge in [0.25, 0.3) is 0 Å². The first-order valence-electron chi connectivity index (χ1n) is 12.0. The van der Waals surface area contributed by atoms with Gasteiger partial charge >= 0.3 is 0 Å². The van der Waals surface area contributed by atoms with Gasteiger partial charge in [-0.15, -0.1) is 11.8 Å². The maximum atomic E-state index is 11.8. The second-order valence-corrected chi connectivity index (χ2v) is 10.9. The van der Waals surface area contributed by atoms with E-state index in [2.05, 4.69) is 47.5 Å². The van der Waals surface area contributed by atoms with E-state index in [0.717, 1.165) is 18.4 Å². The molecule has 3 N–H and O–H groups in total. The van der Waals surface area contributed by atoms with Gasteiger partial charge in [-0.1, -0.05) is 68.7 Å². The minimum absolute atomic E-state index is 0.133. The maximum Gasteiger partial charge on any atom is 0.217 e. The number of carbonyl (C=O) groups excluding carboxylic acids is 1. The number of thioether (sulfide) groups is 1. The number of amides is 1. The Morgan fingerprint density at radius 2 is 1.91 bits per heavy atom. The van der Waals surface area contributed by atoms with Gasteiger partial charge in [-0.25, -0.2) is 0 Å². The first-order chi connectivity index (χ1) is 15.5. The molecular weight excluding hydrogens is 416 g/mol. The number of aryl methyl sites for hydroxylation is 1. The Labute approximate surface area is 196 Å². The van der Waals surface area contributed by atoms with Crippen molar-refractivity contribution in [2.24, 2.45) is 0 Å². The quantitative estimate of drug-likeness (QED) is 0.532. The van der Waals surface area contributed by atoms with Crippen molar-refractivity contribution in [3.8, 4) is 0 Å². The van der Waals surface area contributed by atoms with E-state index in [0.29, 0.717) is 11.3 Å². The van der Waals surface area contributed by atoms with Gasteiger partial charge in [-0.05, 0) is 48.4 Å². The Balaban J connectivity index is 1.54. The van der Waals surface area contributed by atoms with E-state index in [1.54, 1.807) is 0 Å². The predicted molar refractivity (Wildman–Crippen MR) is 132 cm³/mol. The number of aliphatic hydroxyl groups excluding tert-OH is 1. The number of rotatable bonds is 7. The van der Waals surface area contributed by atoms with Crippen molar-refractivity contribution < 1.29 is 9.90 Å². The van der Waals surface area contributed by atoms with E-state index >= 15 is 0 Å². The summed E-state index contributed by atoms with van der Waals surface area (Å²) in [6.07, 6.45) is 7.91. The molecule has 1 amide bonds.